The molecular weight excluding hydrogens is 336 g/mol. The van der Waals surface area contributed by atoms with E-state index < -0.39 is 0 Å². The lowest BCUT2D eigenvalue weighted by atomic mass is 10.1. The van der Waals surface area contributed by atoms with Crippen LogP contribution >= 0.6 is 0 Å². The predicted octanol–water partition coefficient (Wildman–Crippen LogP) is 4.12. The molecule has 3 rings (SSSR count). The van der Waals surface area contributed by atoms with E-state index in [-0.39, 0.29) is 5.91 Å². The number of nitrogens with two attached hydrogens (primary N) is 2. The van der Waals surface area contributed by atoms with Crippen LogP contribution in [0.3, 0.4) is 0 Å². The highest BCUT2D eigenvalue weighted by molar-refractivity contribution is 6.03. The predicted molar refractivity (Wildman–Crippen MR) is 113 cm³/mol. The summed E-state index contributed by atoms with van der Waals surface area (Å²) in [5.74, 6) is -0.228. The Hall–Kier alpha value is -3.73. The van der Waals surface area contributed by atoms with Gasteiger partial charge in [-0.05, 0) is 47.5 Å². The summed E-state index contributed by atoms with van der Waals surface area (Å²) in [7, 11) is 0. The average molecular weight is 358 g/mol. The first kappa shape index (κ1) is 18.1. The molecule has 5 nitrogen and oxygen atoms in total. The first-order valence-electron chi connectivity index (χ1n) is 8.63. The third kappa shape index (κ3) is 5.12. The van der Waals surface area contributed by atoms with E-state index in [0.29, 0.717) is 23.6 Å². The van der Waals surface area contributed by atoms with Crippen molar-refractivity contribution in [1.29, 1.82) is 0 Å². The van der Waals surface area contributed by atoms with Crippen LogP contribution in [0.1, 0.15) is 11.1 Å². The Morgan fingerprint density at radius 3 is 2.22 bits per heavy atom. The Morgan fingerprint density at radius 1 is 0.852 bits per heavy atom. The zero-order valence-corrected chi connectivity index (χ0v) is 14.9. The van der Waals surface area contributed by atoms with Gasteiger partial charge in [-0.1, -0.05) is 42.5 Å². The summed E-state index contributed by atoms with van der Waals surface area (Å²) in [5, 5.41) is 6.09. The lowest BCUT2D eigenvalue weighted by molar-refractivity contribution is -0.111. The van der Waals surface area contributed by atoms with Crippen molar-refractivity contribution in [2.45, 2.75) is 6.54 Å². The molecule has 0 bridgehead atoms. The number of rotatable bonds is 6. The second kappa shape index (κ2) is 8.58. The van der Waals surface area contributed by atoms with Gasteiger partial charge >= 0.3 is 0 Å². The van der Waals surface area contributed by atoms with Gasteiger partial charge in [0.15, 0.2) is 0 Å². The van der Waals surface area contributed by atoms with Crippen molar-refractivity contribution in [2.75, 3.05) is 22.1 Å². The molecule has 0 atom stereocenters. The van der Waals surface area contributed by atoms with Crippen LogP contribution in [-0.2, 0) is 11.3 Å². The molecule has 3 aromatic carbocycles. The van der Waals surface area contributed by atoms with E-state index >= 15 is 0 Å². The number of nitrogens with one attached hydrogen (secondary N) is 2. The maximum Gasteiger partial charge on any atom is 0.248 e. The summed E-state index contributed by atoms with van der Waals surface area (Å²) in [4.78, 5) is 12.1. The van der Waals surface area contributed by atoms with Crippen LogP contribution in [-0.4, -0.2) is 5.91 Å². The van der Waals surface area contributed by atoms with Crippen LogP contribution in [0.25, 0.3) is 6.08 Å². The number of carbonyl (C=O) groups is 1. The Balaban J connectivity index is 1.61. The van der Waals surface area contributed by atoms with Crippen LogP contribution in [0, 0.1) is 0 Å². The van der Waals surface area contributed by atoms with E-state index in [1.54, 1.807) is 18.2 Å². The summed E-state index contributed by atoms with van der Waals surface area (Å²) in [6.45, 7) is 0.642. The number of nitrogen functional groups attached to an aromatic ring is 2. The lowest BCUT2D eigenvalue weighted by Crippen LogP contribution is -2.09. The summed E-state index contributed by atoms with van der Waals surface area (Å²) in [6.07, 6.45) is 3.27. The molecule has 1 amide bonds. The number of para-hydroxylation sites is 4. The van der Waals surface area contributed by atoms with Gasteiger partial charge in [0, 0.05) is 12.6 Å². The summed E-state index contributed by atoms with van der Waals surface area (Å²) >= 11 is 0. The minimum atomic E-state index is -0.228. The maximum absolute atomic E-state index is 12.1. The van der Waals surface area contributed by atoms with E-state index in [2.05, 4.69) is 10.6 Å². The first-order valence-corrected chi connectivity index (χ1v) is 8.63. The van der Waals surface area contributed by atoms with Gasteiger partial charge in [-0.3, -0.25) is 4.79 Å². The molecule has 0 heterocycles. The number of carbonyl (C=O) groups excluding carboxylic acids is 1. The molecule has 0 aliphatic heterocycles. The minimum absolute atomic E-state index is 0.228. The summed E-state index contributed by atoms with van der Waals surface area (Å²) in [6, 6.07) is 22.8. The zero-order chi connectivity index (χ0) is 19.1. The third-order valence-corrected chi connectivity index (χ3v) is 4.04. The van der Waals surface area contributed by atoms with Crippen LogP contribution in [0.15, 0.2) is 78.9 Å². The van der Waals surface area contributed by atoms with Crippen LogP contribution in [0.5, 0.6) is 0 Å². The highest BCUT2D eigenvalue weighted by atomic mass is 16.1. The van der Waals surface area contributed by atoms with E-state index in [4.69, 9.17) is 11.5 Å². The molecule has 0 aromatic heterocycles. The largest absolute Gasteiger partial charge is 0.397 e. The topological polar surface area (TPSA) is 93.2 Å². The van der Waals surface area contributed by atoms with E-state index in [1.807, 2.05) is 60.7 Å². The molecule has 0 saturated carbocycles. The van der Waals surface area contributed by atoms with Crippen molar-refractivity contribution in [1.82, 2.24) is 0 Å². The molecule has 0 radical (unpaired) electrons. The Bertz CT molecular complexity index is 966. The fourth-order valence-electron chi connectivity index (χ4n) is 2.62. The second-order valence-corrected chi connectivity index (χ2v) is 6.10. The Kier molecular flexibility index (Phi) is 5.74. The van der Waals surface area contributed by atoms with Crippen molar-refractivity contribution in [3.63, 3.8) is 0 Å². The van der Waals surface area contributed by atoms with E-state index in [1.165, 1.54) is 6.08 Å². The molecule has 0 aliphatic carbocycles. The van der Waals surface area contributed by atoms with Crippen molar-refractivity contribution in [3.05, 3.63) is 90.0 Å². The third-order valence-electron chi connectivity index (χ3n) is 4.04. The molecule has 0 fully saturated rings. The number of amides is 1. The van der Waals surface area contributed by atoms with Gasteiger partial charge in [-0.25, -0.2) is 0 Å². The number of benzene rings is 3. The molecule has 0 unspecified atom stereocenters. The molecule has 27 heavy (non-hydrogen) atoms. The Morgan fingerprint density at radius 2 is 1.52 bits per heavy atom. The van der Waals surface area contributed by atoms with E-state index in [0.717, 1.165) is 16.8 Å². The molecular formula is C22H22N4O. The number of anilines is 4. The molecule has 5 heteroatoms. The lowest BCUT2D eigenvalue weighted by Gasteiger charge is -2.09. The van der Waals surface area contributed by atoms with E-state index in [9.17, 15) is 4.79 Å². The standard InChI is InChI=1S/C22H22N4O/c23-18-8-1-3-10-20(18)25-15-17-7-5-6-16(14-17)12-13-22(27)26-21-11-4-2-9-19(21)24/h1-14,25H,15,23-24H2,(H,26,27). The van der Waals surface area contributed by atoms with Crippen molar-refractivity contribution in [2.24, 2.45) is 0 Å². The average Bonchev–Trinajstić information content (AvgIpc) is 2.68. The summed E-state index contributed by atoms with van der Waals surface area (Å²) < 4.78 is 0. The summed E-state index contributed by atoms with van der Waals surface area (Å²) in [5.41, 5.74) is 16.6. The van der Waals surface area contributed by atoms with Gasteiger partial charge in [0.25, 0.3) is 0 Å². The van der Waals surface area contributed by atoms with Gasteiger partial charge in [-0.2, -0.15) is 0 Å². The molecule has 0 saturated heterocycles. The zero-order valence-electron chi connectivity index (χ0n) is 14.9. The van der Waals surface area contributed by atoms with Gasteiger partial charge in [0.2, 0.25) is 5.91 Å². The van der Waals surface area contributed by atoms with Crippen molar-refractivity contribution >= 4 is 34.7 Å². The highest BCUT2D eigenvalue weighted by Gasteiger charge is 2.02. The quantitative estimate of drug-likeness (QED) is 0.394. The highest BCUT2D eigenvalue weighted by Crippen LogP contribution is 2.19. The molecule has 0 aliphatic rings. The van der Waals surface area contributed by atoms with Gasteiger partial charge in [0.05, 0.1) is 22.7 Å². The maximum atomic E-state index is 12.1. The first-order chi connectivity index (χ1) is 13.1. The van der Waals surface area contributed by atoms with Crippen LogP contribution in [0.2, 0.25) is 0 Å². The fraction of sp³-hybridized carbons (Fsp3) is 0.0455. The van der Waals surface area contributed by atoms with Crippen LogP contribution in [0.4, 0.5) is 22.7 Å². The SMILES string of the molecule is Nc1ccccc1NCc1cccc(C=CC(=O)Nc2ccccc2N)c1. The fourth-order valence-corrected chi connectivity index (χ4v) is 2.62. The molecule has 0 spiro atoms. The molecule has 136 valence electrons. The smallest absolute Gasteiger partial charge is 0.248 e. The Labute approximate surface area is 158 Å². The monoisotopic (exact) mass is 358 g/mol. The van der Waals surface area contributed by atoms with Crippen molar-refractivity contribution < 1.29 is 4.79 Å². The minimum Gasteiger partial charge on any atom is -0.397 e. The van der Waals surface area contributed by atoms with Gasteiger partial charge in [0.1, 0.15) is 0 Å². The van der Waals surface area contributed by atoms with Gasteiger partial charge in [-0.15, -0.1) is 0 Å². The van der Waals surface area contributed by atoms with Crippen LogP contribution < -0.4 is 22.1 Å². The number of hydrogen-bond donors (Lipinski definition) is 4. The molecule has 3 aromatic rings. The van der Waals surface area contributed by atoms with Crippen molar-refractivity contribution in [3.8, 4) is 0 Å². The second-order valence-electron chi connectivity index (χ2n) is 6.10. The number of hydrogen-bond acceptors (Lipinski definition) is 4. The molecule has 6 N–H and O–H groups in total. The van der Waals surface area contributed by atoms with Gasteiger partial charge < -0.3 is 22.1 Å². The normalized spacial score (nSPS) is 10.7.